The highest BCUT2D eigenvalue weighted by molar-refractivity contribution is 7.88. The first-order valence-corrected chi connectivity index (χ1v) is 9.56. The molecule has 0 saturated carbocycles. The minimum atomic E-state index is -3.30. The van der Waals surface area contributed by atoms with Gasteiger partial charge >= 0.3 is 12.1 Å². The maximum atomic E-state index is 11.7. The molecule has 1 heterocycles. The highest BCUT2D eigenvalue weighted by Gasteiger charge is 2.36. The van der Waals surface area contributed by atoms with Gasteiger partial charge in [0.1, 0.15) is 11.6 Å². The van der Waals surface area contributed by atoms with Crippen LogP contribution >= 0.6 is 0 Å². The molecule has 1 aliphatic heterocycles. The maximum absolute atomic E-state index is 11.7. The molecule has 9 nitrogen and oxygen atoms in total. The van der Waals surface area contributed by atoms with Crippen LogP contribution in [0, 0.1) is 0 Å². The number of sulfonamides is 1. The van der Waals surface area contributed by atoms with Gasteiger partial charge in [-0.25, -0.2) is 13.2 Å². The second-order valence-electron chi connectivity index (χ2n) is 6.94. The van der Waals surface area contributed by atoms with Crippen LogP contribution in [0.1, 0.15) is 27.7 Å². The van der Waals surface area contributed by atoms with E-state index in [-0.39, 0.29) is 32.2 Å². The molecule has 0 aromatic rings. The maximum Gasteiger partial charge on any atom is 0.407 e. The summed E-state index contributed by atoms with van der Waals surface area (Å²) in [6.45, 7) is 7.51. The van der Waals surface area contributed by atoms with E-state index in [2.05, 4.69) is 5.32 Å². The van der Waals surface area contributed by atoms with Gasteiger partial charge in [-0.3, -0.25) is 9.69 Å². The van der Waals surface area contributed by atoms with Crippen LogP contribution in [0.15, 0.2) is 0 Å². The molecule has 0 spiro atoms. The molecule has 1 unspecified atom stereocenters. The number of rotatable bonds is 5. The molecule has 0 radical (unpaired) electrons. The van der Waals surface area contributed by atoms with Crippen molar-refractivity contribution in [1.29, 1.82) is 0 Å². The minimum Gasteiger partial charge on any atom is -0.480 e. The van der Waals surface area contributed by atoms with E-state index in [4.69, 9.17) is 4.74 Å². The second kappa shape index (κ2) is 7.66. The first-order valence-electron chi connectivity index (χ1n) is 7.72. The molecule has 1 rings (SSSR count). The second-order valence-corrected chi connectivity index (χ2v) is 8.93. The average Bonchev–Trinajstić information content (AvgIpc) is 2.36. The van der Waals surface area contributed by atoms with Gasteiger partial charge in [0.15, 0.2) is 0 Å². The van der Waals surface area contributed by atoms with Crippen LogP contribution in [0.4, 0.5) is 4.79 Å². The van der Waals surface area contributed by atoms with Crippen LogP contribution in [0.3, 0.4) is 0 Å². The molecule has 2 N–H and O–H groups in total. The van der Waals surface area contributed by atoms with E-state index in [0.717, 1.165) is 6.26 Å². The largest absolute Gasteiger partial charge is 0.480 e. The normalized spacial score (nSPS) is 22.0. The van der Waals surface area contributed by atoms with Crippen molar-refractivity contribution < 1.29 is 27.9 Å². The summed E-state index contributed by atoms with van der Waals surface area (Å²) in [6, 6.07) is -1.23. The molecule has 24 heavy (non-hydrogen) atoms. The van der Waals surface area contributed by atoms with Crippen molar-refractivity contribution in [2.24, 2.45) is 0 Å². The van der Waals surface area contributed by atoms with E-state index in [1.807, 2.05) is 0 Å². The van der Waals surface area contributed by atoms with Gasteiger partial charge < -0.3 is 15.2 Å². The molecule has 2 atom stereocenters. The molecule has 1 fully saturated rings. The zero-order chi connectivity index (χ0) is 18.7. The number of ether oxygens (including phenoxy) is 1. The molecule has 0 aromatic carbocycles. The van der Waals surface area contributed by atoms with Crippen LogP contribution in [0.5, 0.6) is 0 Å². The van der Waals surface area contributed by atoms with E-state index >= 15 is 0 Å². The smallest absolute Gasteiger partial charge is 0.407 e. The van der Waals surface area contributed by atoms with Gasteiger partial charge in [-0.2, -0.15) is 4.31 Å². The van der Waals surface area contributed by atoms with E-state index in [1.54, 1.807) is 32.6 Å². The molecular formula is C14H27N3O6S. The third-order valence-corrected chi connectivity index (χ3v) is 4.90. The van der Waals surface area contributed by atoms with Crippen molar-refractivity contribution in [2.45, 2.75) is 45.4 Å². The molecule has 140 valence electrons. The number of piperazine rings is 1. The Morgan fingerprint density at radius 2 is 1.92 bits per heavy atom. The van der Waals surface area contributed by atoms with Gasteiger partial charge in [-0.05, 0) is 27.7 Å². The van der Waals surface area contributed by atoms with Gasteiger partial charge in [-0.1, -0.05) is 0 Å². The van der Waals surface area contributed by atoms with Crippen LogP contribution in [-0.4, -0.2) is 84.9 Å². The van der Waals surface area contributed by atoms with Gasteiger partial charge in [0, 0.05) is 32.2 Å². The first-order chi connectivity index (χ1) is 10.8. The Bertz CT molecular complexity index is 572. The van der Waals surface area contributed by atoms with Crippen molar-refractivity contribution in [3.63, 3.8) is 0 Å². The summed E-state index contributed by atoms with van der Waals surface area (Å²) in [6.07, 6.45) is 0.449. The number of nitrogens with one attached hydrogen (secondary N) is 1. The predicted octanol–water partition coefficient (Wildman–Crippen LogP) is -0.0700. The fourth-order valence-electron chi connectivity index (χ4n) is 2.54. The van der Waals surface area contributed by atoms with Crippen molar-refractivity contribution in [1.82, 2.24) is 14.5 Å². The van der Waals surface area contributed by atoms with E-state index in [9.17, 15) is 23.1 Å². The molecular weight excluding hydrogens is 338 g/mol. The van der Waals surface area contributed by atoms with Crippen molar-refractivity contribution in [3.8, 4) is 0 Å². The fraction of sp³-hybridized carbons (Fsp3) is 0.857. The van der Waals surface area contributed by atoms with Crippen molar-refractivity contribution >= 4 is 22.1 Å². The number of carbonyl (C=O) groups is 2. The van der Waals surface area contributed by atoms with Gasteiger partial charge in [0.05, 0.1) is 6.26 Å². The lowest BCUT2D eigenvalue weighted by molar-refractivity contribution is -0.144. The first kappa shape index (κ1) is 20.7. The Kier molecular flexibility index (Phi) is 6.59. The Balaban J connectivity index is 2.69. The molecule has 0 aliphatic carbocycles. The molecule has 0 bridgehead atoms. The third kappa shape index (κ3) is 6.25. The standard InChI is InChI=1S/C14H27N3O6S/c1-10-9-16(24(5,21)22)6-7-17(10)11(12(18)19)8-15-13(20)23-14(2,3)4/h10-11H,6-9H2,1-5H3,(H,15,20)(H,18,19)/t10?,11-/m0/s1. The minimum absolute atomic E-state index is 0.118. The van der Waals surface area contributed by atoms with Gasteiger partial charge in [0.2, 0.25) is 10.0 Å². The monoisotopic (exact) mass is 365 g/mol. The Labute approximate surface area is 143 Å². The highest BCUT2D eigenvalue weighted by Crippen LogP contribution is 2.16. The number of aliphatic carboxylic acids is 1. The Morgan fingerprint density at radius 1 is 1.33 bits per heavy atom. The fourth-order valence-corrected chi connectivity index (χ4v) is 3.44. The number of nitrogens with zero attached hydrogens (tertiary/aromatic N) is 2. The molecule has 1 amide bonds. The molecule has 1 saturated heterocycles. The van der Waals surface area contributed by atoms with Gasteiger partial charge in [0.25, 0.3) is 0 Å². The van der Waals surface area contributed by atoms with E-state index < -0.39 is 33.7 Å². The zero-order valence-electron chi connectivity index (χ0n) is 14.8. The summed E-state index contributed by atoms with van der Waals surface area (Å²) < 4.78 is 29.6. The van der Waals surface area contributed by atoms with Gasteiger partial charge in [-0.15, -0.1) is 0 Å². The summed E-state index contributed by atoms with van der Waals surface area (Å²) in [5.41, 5.74) is -0.669. The Hall–Kier alpha value is -1.39. The van der Waals surface area contributed by atoms with E-state index in [0.29, 0.717) is 0 Å². The Morgan fingerprint density at radius 3 is 2.33 bits per heavy atom. The summed E-state index contributed by atoms with van der Waals surface area (Å²) >= 11 is 0. The van der Waals surface area contributed by atoms with Crippen LogP contribution in [0.25, 0.3) is 0 Å². The summed E-state index contributed by atoms with van der Waals surface area (Å²) in [5.74, 6) is -1.08. The number of alkyl carbamates (subject to hydrolysis) is 1. The summed E-state index contributed by atoms with van der Waals surface area (Å²) in [7, 11) is -3.30. The van der Waals surface area contributed by atoms with Crippen LogP contribution in [0.2, 0.25) is 0 Å². The number of amides is 1. The number of carbonyl (C=O) groups excluding carboxylic acids is 1. The lowest BCUT2D eigenvalue weighted by Crippen LogP contribution is -2.60. The lowest BCUT2D eigenvalue weighted by atomic mass is 10.1. The third-order valence-electron chi connectivity index (χ3n) is 3.63. The average molecular weight is 365 g/mol. The van der Waals surface area contributed by atoms with E-state index in [1.165, 1.54) is 4.31 Å². The zero-order valence-corrected chi connectivity index (χ0v) is 15.6. The number of carboxylic acid groups (broad SMARTS) is 1. The number of carboxylic acids is 1. The predicted molar refractivity (Wildman–Crippen MR) is 88.2 cm³/mol. The number of hydrogen-bond donors (Lipinski definition) is 2. The molecule has 1 aliphatic rings. The van der Waals surface area contributed by atoms with Crippen LogP contribution < -0.4 is 5.32 Å². The van der Waals surface area contributed by atoms with Crippen molar-refractivity contribution in [3.05, 3.63) is 0 Å². The summed E-state index contributed by atoms with van der Waals surface area (Å²) in [5, 5.41) is 11.9. The molecule has 10 heteroatoms. The number of hydrogen-bond acceptors (Lipinski definition) is 6. The van der Waals surface area contributed by atoms with Crippen molar-refractivity contribution in [2.75, 3.05) is 32.4 Å². The quantitative estimate of drug-likeness (QED) is 0.700. The van der Waals surface area contributed by atoms with Crippen LogP contribution in [-0.2, 0) is 19.6 Å². The lowest BCUT2D eigenvalue weighted by Gasteiger charge is -2.41. The summed E-state index contributed by atoms with van der Waals surface area (Å²) in [4.78, 5) is 24.9. The SMILES string of the molecule is CC1CN(S(C)(=O)=O)CCN1[C@@H](CNC(=O)OC(C)(C)C)C(=O)O. The molecule has 0 aromatic heterocycles. The highest BCUT2D eigenvalue weighted by atomic mass is 32.2. The topological polar surface area (TPSA) is 116 Å².